The van der Waals surface area contributed by atoms with Crippen LogP contribution in [0.15, 0.2) is 17.4 Å². The summed E-state index contributed by atoms with van der Waals surface area (Å²) in [7, 11) is 0. The monoisotopic (exact) mass is 237 g/mol. The first-order valence-corrected chi connectivity index (χ1v) is 6.04. The molecule has 0 aliphatic heterocycles. The van der Waals surface area contributed by atoms with Crippen molar-refractivity contribution in [2.75, 3.05) is 12.9 Å². The lowest BCUT2D eigenvalue weighted by atomic mass is 10.4. The SMILES string of the molecule is CCOC(=O)c1cc2cnc(SC)nc2[nH]1. The predicted molar refractivity (Wildman–Crippen MR) is 61.6 cm³/mol. The molecule has 84 valence electrons. The van der Waals surface area contributed by atoms with Gasteiger partial charge in [0.15, 0.2) is 5.16 Å². The zero-order valence-corrected chi connectivity index (χ0v) is 9.80. The van der Waals surface area contributed by atoms with E-state index in [2.05, 4.69) is 15.0 Å². The third-order valence-electron chi connectivity index (χ3n) is 2.03. The topological polar surface area (TPSA) is 67.9 Å². The molecule has 5 nitrogen and oxygen atoms in total. The van der Waals surface area contributed by atoms with Gasteiger partial charge in [0.25, 0.3) is 0 Å². The molecular weight excluding hydrogens is 226 g/mol. The molecule has 6 heteroatoms. The summed E-state index contributed by atoms with van der Waals surface area (Å²) in [6, 6.07) is 1.69. The van der Waals surface area contributed by atoms with Gasteiger partial charge in [0.1, 0.15) is 11.3 Å². The average Bonchev–Trinajstić information content (AvgIpc) is 2.71. The molecule has 0 unspecified atom stereocenters. The van der Waals surface area contributed by atoms with Crippen LogP contribution in [0.5, 0.6) is 0 Å². The minimum atomic E-state index is -0.369. The number of hydrogen-bond acceptors (Lipinski definition) is 5. The van der Waals surface area contributed by atoms with Gasteiger partial charge < -0.3 is 9.72 Å². The fourth-order valence-electron chi connectivity index (χ4n) is 1.32. The van der Waals surface area contributed by atoms with Crippen molar-refractivity contribution in [2.24, 2.45) is 0 Å². The summed E-state index contributed by atoms with van der Waals surface area (Å²) in [4.78, 5) is 22.7. The minimum Gasteiger partial charge on any atom is -0.461 e. The van der Waals surface area contributed by atoms with Crippen LogP contribution in [0.3, 0.4) is 0 Å². The third kappa shape index (κ3) is 2.01. The molecule has 0 amide bonds. The molecule has 0 saturated heterocycles. The molecule has 1 N–H and O–H groups in total. The number of nitrogens with one attached hydrogen (secondary N) is 1. The van der Waals surface area contributed by atoms with Gasteiger partial charge in [-0.3, -0.25) is 0 Å². The van der Waals surface area contributed by atoms with Gasteiger partial charge in [-0.25, -0.2) is 14.8 Å². The van der Waals surface area contributed by atoms with Gasteiger partial charge in [-0.05, 0) is 19.2 Å². The molecular formula is C10H11N3O2S. The summed E-state index contributed by atoms with van der Waals surface area (Å²) in [6.07, 6.45) is 3.59. The Labute approximate surface area is 96.6 Å². The highest BCUT2D eigenvalue weighted by atomic mass is 32.2. The summed E-state index contributed by atoms with van der Waals surface area (Å²) in [5, 5.41) is 1.48. The molecule has 0 aliphatic carbocycles. The molecule has 2 heterocycles. The number of fused-ring (bicyclic) bond motifs is 1. The van der Waals surface area contributed by atoms with Crippen LogP contribution in [-0.4, -0.2) is 33.8 Å². The Morgan fingerprint density at radius 2 is 2.44 bits per heavy atom. The molecule has 16 heavy (non-hydrogen) atoms. The molecule has 0 aromatic carbocycles. The maximum absolute atomic E-state index is 11.5. The fourth-order valence-corrected chi connectivity index (χ4v) is 1.66. The Balaban J connectivity index is 2.39. The van der Waals surface area contributed by atoms with E-state index in [1.165, 1.54) is 11.8 Å². The van der Waals surface area contributed by atoms with E-state index in [4.69, 9.17) is 4.74 Å². The number of esters is 1. The van der Waals surface area contributed by atoms with E-state index in [1.807, 2.05) is 6.26 Å². The molecule has 0 bridgehead atoms. The molecule has 0 radical (unpaired) electrons. The van der Waals surface area contributed by atoms with E-state index in [9.17, 15) is 4.79 Å². The van der Waals surface area contributed by atoms with Gasteiger partial charge in [-0.1, -0.05) is 11.8 Å². The Hall–Kier alpha value is -1.56. The molecule has 2 aromatic heterocycles. The summed E-state index contributed by atoms with van der Waals surface area (Å²) in [5.41, 5.74) is 1.06. The normalized spacial score (nSPS) is 10.6. The number of nitrogens with zero attached hydrogens (tertiary/aromatic N) is 2. The van der Waals surface area contributed by atoms with Crippen molar-refractivity contribution in [2.45, 2.75) is 12.1 Å². The molecule has 0 atom stereocenters. The van der Waals surface area contributed by atoms with Gasteiger partial charge in [0.05, 0.1) is 6.61 Å². The molecule has 0 fully saturated rings. The van der Waals surface area contributed by atoms with Crippen molar-refractivity contribution in [3.8, 4) is 0 Å². The highest BCUT2D eigenvalue weighted by Crippen LogP contribution is 2.16. The molecule has 2 aromatic rings. The van der Waals surface area contributed by atoms with E-state index in [-0.39, 0.29) is 5.97 Å². The smallest absolute Gasteiger partial charge is 0.354 e. The Morgan fingerprint density at radius 3 is 3.12 bits per heavy atom. The summed E-state index contributed by atoms with van der Waals surface area (Å²) >= 11 is 1.45. The first-order chi connectivity index (χ1) is 7.74. The first-order valence-electron chi connectivity index (χ1n) is 4.81. The lowest BCUT2D eigenvalue weighted by Gasteiger charge is -1.96. The number of rotatable bonds is 3. The van der Waals surface area contributed by atoms with E-state index in [0.717, 1.165) is 5.39 Å². The maximum atomic E-state index is 11.5. The Kier molecular flexibility index (Phi) is 3.09. The van der Waals surface area contributed by atoms with E-state index < -0.39 is 0 Å². The quantitative estimate of drug-likeness (QED) is 0.501. The van der Waals surface area contributed by atoms with Crippen LogP contribution in [0.2, 0.25) is 0 Å². The van der Waals surface area contributed by atoms with Gasteiger partial charge in [-0.2, -0.15) is 0 Å². The lowest BCUT2D eigenvalue weighted by molar-refractivity contribution is 0.0520. The second-order valence-corrected chi connectivity index (χ2v) is 3.84. The van der Waals surface area contributed by atoms with Crippen molar-refractivity contribution in [3.05, 3.63) is 18.0 Å². The van der Waals surface area contributed by atoms with Crippen LogP contribution in [0.25, 0.3) is 11.0 Å². The zero-order valence-electron chi connectivity index (χ0n) is 8.98. The lowest BCUT2D eigenvalue weighted by Crippen LogP contribution is -2.04. The van der Waals surface area contributed by atoms with Crippen LogP contribution >= 0.6 is 11.8 Å². The van der Waals surface area contributed by atoms with Crippen LogP contribution < -0.4 is 0 Å². The number of carbonyl (C=O) groups excluding carboxylic acids is 1. The Bertz CT molecular complexity index is 524. The second-order valence-electron chi connectivity index (χ2n) is 3.06. The van der Waals surface area contributed by atoms with E-state index >= 15 is 0 Å². The first kappa shape index (κ1) is 10.9. The molecule has 0 saturated carbocycles. The minimum absolute atomic E-state index is 0.357. The highest BCUT2D eigenvalue weighted by Gasteiger charge is 2.11. The number of ether oxygens (including phenoxy) is 1. The van der Waals surface area contributed by atoms with Gasteiger partial charge in [0, 0.05) is 11.6 Å². The van der Waals surface area contributed by atoms with Gasteiger partial charge in [0.2, 0.25) is 0 Å². The number of aromatic nitrogens is 3. The van der Waals surface area contributed by atoms with Crippen LogP contribution in [0, 0.1) is 0 Å². The molecule has 0 aliphatic rings. The van der Waals surface area contributed by atoms with Crippen molar-refractivity contribution >= 4 is 28.8 Å². The number of H-pyrrole nitrogens is 1. The summed E-state index contributed by atoms with van der Waals surface area (Å²) in [6.45, 7) is 2.13. The number of aromatic amines is 1. The van der Waals surface area contributed by atoms with Gasteiger partial charge in [-0.15, -0.1) is 0 Å². The van der Waals surface area contributed by atoms with Crippen LogP contribution in [0.1, 0.15) is 17.4 Å². The average molecular weight is 237 g/mol. The third-order valence-corrected chi connectivity index (χ3v) is 2.59. The van der Waals surface area contributed by atoms with E-state index in [0.29, 0.717) is 23.1 Å². The highest BCUT2D eigenvalue weighted by molar-refractivity contribution is 7.98. The largest absolute Gasteiger partial charge is 0.461 e. The maximum Gasteiger partial charge on any atom is 0.354 e. The number of carbonyl (C=O) groups is 1. The van der Waals surface area contributed by atoms with Crippen molar-refractivity contribution in [1.82, 2.24) is 15.0 Å². The van der Waals surface area contributed by atoms with Crippen molar-refractivity contribution < 1.29 is 9.53 Å². The predicted octanol–water partition coefficient (Wildman–Crippen LogP) is 1.86. The number of hydrogen-bond donors (Lipinski definition) is 1. The number of thioether (sulfide) groups is 1. The van der Waals surface area contributed by atoms with Crippen LogP contribution in [-0.2, 0) is 4.74 Å². The van der Waals surface area contributed by atoms with Crippen molar-refractivity contribution in [1.29, 1.82) is 0 Å². The molecule has 0 spiro atoms. The fraction of sp³-hybridized carbons (Fsp3) is 0.300. The summed E-state index contributed by atoms with van der Waals surface area (Å²) < 4.78 is 4.89. The van der Waals surface area contributed by atoms with Crippen molar-refractivity contribution in [3.63, 3.8) is 0 Å². The summed E-state index contributed by atoms with van der Waals surface area (Å²) in [5.74, 6) is -0.369. The Morgan fingerprint density at radius 1 is 1.62 bits per heavy atom. The van der Waals surface area contributed by atoms with E-state index in [1.54, 1.807) is 19.2 Å². The second kappa shape index (κ2) is 4.52. The zero-order chi connectivity index (χ0) is 11.5. The molecule has 2 rings (SSSR count). The van der Waals surface area contributed by atoms with Gasteiger partial charge >= 0.3 is 5.97 Å². The standard InChI is InChI=1S/C10H11N3O2S/c1-3-15-9(14)7-4-6-5-11-10(16-2)13-8(6)12-7/h4-5H,3H2,1-2H3,(H,11,12,13). The van der Waals surface area contributed by atoms with Crippen LogP contribution in [0.4, 0.5) is 0 Å².